The predicted octanol–water partition coefficient (Wildman–Crippen LogP) is 1.46. The minimum atomic E-state index is 0.0451. The van der Waals surface area contributed by atoms with Crippen molar-refractivity contribution < 1.29 is 5.11 Å². The molecule has 0 bridgehead atoms. The molecule has 0 aromatic heterocycles. The van der Waals surface area contributed by atoms with E-state index < -0.39 is 0 Å². The molecule has 2 heteroatoms. The summed E-state index contributed by atoms with van der Waals surface area (Å²) < 4.78 is 0. The molecule has 1 fully saturated rings. The summed E-state index contributed by atoms with van der Waals surface area (Å²) >= 11 is 0.667. The minimum absolute atomic E-state index is 0.0451. The topological polar surface area (TPSA) is 20.2 Å². The van der Waals surface area contributed by atoms with Crippen molar-refractivity contribution in [2.75, 3.05) is 0 Å². The molecule has 0 aromatic rings. The van der Waals surface area contributed by atoms with E-state index in [9.17, 15) is 5.11 Å². The fraction of sp³-hybridized carbons (Fsp3) is 1.00. The zero-order chi connectivity index (χ0) is 6.69. The van der Waals surface area contributed by atoms with Crippen LogP contribution in [0.3, 0.4) is 0 Å². The molecule has 0 heterocycles. The first kappa shape index (κ1) is 7.58. The number of rotatable bonds is 1. The number of aliphatic hydroxyl groups is 1. The van der Waals surface area contributed by atoms with Gasteiger partial charge in [-0.25, -0.2) is 0 Å². The van der Waals surface area contributed by atoms with Crippen molar-refractivity contribution in [2.45, 2.75) is 42.4 Å². The maximum absolute atomic E-state index is 9.38. The molecule has 1 aliphatic carbocycles. The van der Waals surface area contributed by atoms with Gasteiger partial charge in [0, 0.05) is 0 Å². The Labute approximate surface area is 63.0 Å². The van der Waals surface area contributed by atoms with E-state index in [0.29, 0.717) is 19.8 Å². The van der Waals surface area contributed by atoms with Crippen LogP contribution in [0.5, 0.6) is 0 Å². The third-order valence-electron chi connectivity index (χ3n) is 1.97. The van der Waals surface area contributed by atoms with Gasteiger partial charge in [0.05, 0.1) is 0 Å². The van der Waals surface area contributed by atoms with Crippen molar-refractivity contribution >= 4 is 15.0 Å². The second kappa shape index (κ2) is 3.60. The van der Waals surface area contributed by atoms with E-state index in [4.69, 9.17) is 0 Å². The van der Waals surface area contributed by atoms with Crippen molar-refractivity contribution in [3.05, 3.63) is 0 Å². The monoisotopic (exact) mass is 194 g/mol. The average Bonchev–Trinajstić information content (AvgIpc) is 1.89. The summed E-state index contributed by atoms with van der Waals surface area (Å²) in [6, 6.07) is 0. The van der Waals surface area contributed by atoms with Crippen LogP contribution in [0.2, 0.25) is 10.6 Å². The Morgan fingerprint density at radius 3 is 2.44 bits per heavy atom. The summed E-state index contributed by atoms with van der Waals surface area (Å²) in [5.74, 6) is 2.23. The van der Waals surface area contributed by atoms with E-state index >= 15 is 0 Å². The van der Waals surface area contributed by atoms with Crippen LogP contribution in [0.4, 0.5) is 0 Å². The van der Waals surface area contributed by atoms with Crippen molar-refractivity contribution in [3.8, 4) is 0 Å². The summed E-state index contributed by atoms with van der Waals surface area (Å²) in [4.78, 5) is 0.672. The standard InChI is InChI=1S/C7H14OSe/c1-9-7-5-3-2-4-6(7)8/h6-8H,2-5H2,1H3/t6-,7+/m0/s1. The van der Waals surface area contributed by atoms with Gasteiger partial charge in [-0.1, -0.05) is 0 Å². The van der Waals surface area contributed by atoms with Crippen LogP contribution < -0.4 is 0 Å². The molecular weight excluding hydrogens is 179 g/mol. The number of hydrogen-bond donors (Lipinski definition) is 1. The summed E-state index contributed by atoms with van der Waals surface area (Å²) in [6.45, 7) is 0. The molecule has 0 saturated heterocycles. The van der Waals surface area contributed by atoms with E-state index in [1.54, 1.807) is 0 Å². The Kier molecular flexibility index (Phi) is 3.03. The first-order valence-corrected chi connectivity index (χ1v) is 6.25. The third-order valence-corrected chi connectivity index (χ3v) is 4.39. The summed E-state index contributed by atoms with van der Waals surface area (Å²) in [5.41, 5.74) is 0. The zero-order valence-corrected chi connectivity index (χ0v) is 7.55. The van der Waals surface area contributed by atoms with Crippen LogP contribution in [0.15, 0.2) is 0 Å². The van der Waals surface area contributed by atoms with Crippen LogP contribution in [-0.4, -0.2) is 26.2 Å². The molecule has 2 atom stereocenters. The number of hydrogen-bond acceptors (Lipinski definition) is 1. The van der Waals surface area contributed by atoms with Gasteiger partial charge in [0.15, 0.2) is 0 Å². The molecule has 0 aromatic carbocycles. The quantitative estimate of drug-likeness (QED) is 0.625. The normalized spacial score (nSPS) is 36.7. The van der Waals surface area contributed by atoms with Gasteiger partial charge >= 0.3 is 62.5 Å². The van der Waals surface area contributed by atoms with Crippen molar-refractivity contribution in [1.29, 1.82) is 0 Å². The van der Waals surface area contributed by atoms with Crippen molar-refractivity contribution in [3.63, 3.8) is 0 Å². The Bertz CT molecular complexity index is 85.0. The van der Waals surface area contributed by atoms with E-state index in [-0.39, 0.29) is 6.10 Å². The fourth-order valence-corrected chi connectivity index (χ4v) is 3.14. The molecule has 0 amide bonds. The fourth-order valence-electron chi connectivity index (χ4n) is 1.35. The van der Waals surface area contributed by atoms with Crippen LogP contribution in [-0.2, 0) is 0 Å². The molecular formula is C7H14OSe. The zero-order valence-electron chi connectivity index (χ0n) is 5.84. The van der Waals surface area contributed by atoms with E-state index in [2.05, 4.69) is 5.82 Å². The van der Waals surface area contributed by atoms with E-state index in [1.807, 2.05) is 0 Å². The van der Waals surface area contributed by atoms with Gasteiger partial charge in [0.2, 0.25) is 0 Å². The molecule has 0 unspecified atom stereocenters. The first-order valence-electron chi connectivity index (χ1n) is 3.55. The van der Waals surface area contributed by atoms with Gasteiger partial charge in [-0.2, -0.15) is 0 Å². The second-order valence-electron chi connectivity index (χ2n) is 2.63. The van der Waals surface area contributed by atoms with Gasteiger partial charge in [-0.05, 0) is 0 Å². The first-order chi connectivity index (χ1) is 4.34. The SMILES string of the molecule is C[Se][C@@H]1CCCC[C@@H]1O. The van der Waals surface area contributed by atoms with E-state index in [1.165, 1.54) is 19.3 Å². The maximum atomic E-state index is 9.38. The summed E-state index contributed by atoms with van der Waals surface area (Å²) in [6.07, 6.45) is 4.96. The Morgan fingerprint density at radius 2 is 2.00 bits per heavy atom. The summed E-state index contributed by atoms with van der Waals surface area (Å²) in [5, 5.41) is 9.38. The Morgan fingerprint density at radius 1 is 1.33 bits per heavy atom. The molecule has 0 radical (unpaired) electrons. The van der Waals surface area contributed by atoms with Crippen molar-refractivity contribution in [2.24, 2.45) is 0 Å². The van der Waals surface area contributed by atoms with Crippen LogP contribution >= 0.6 is 0 Å². The van der Waals surface area contributed by atoms with Gasteiger partial charge in [0.25, 0.3) is 0 Å². The molecule has 1 N–H and O–H groups in total. The Balaban J connectivity index is 2.30. The average molecular weight is 193 g/mol. The molecule has 1 rings (SSSR count). The van der Waals surface area contributed by atoms with Crippen LogP contribution in [0.25, 0.3) is 0 Å². The third kappa shape index (κ3) is 1.96. The van der Waals surface area contributed by atoms with Crippen LogP contribution in [0.1, 0.15) is 25.7 Å². The number of aliphatic hydroxyl groups excluding tert-OH is 1. The second-order valence-corrected chi connectivity index (χ2v) is 4.89. The molecule has 1 aliphatic rings. The molecule has 54 valence electrons. The molecule has 1 saturated carbocycles. The summed E-state index contributed by atoms with van der Waals surface area (Å²) in [7, 11) is 0. The van der Waals surface area contributed by atoms with Crippen molar-refractivity contribution in [1.82, 2.24) is 0 Å². The van der Waals surface area contributed by atoms with Gasteiger partial charge < -0.3 is 0 Å². The molecule has 0 spiro atoms. The van der Waals surface area contributed by atoms with Crippen LogP contribution in [0, 0.1) is 0 Å². The van der Waals surface area contributed by atoms with Gasteiger partial charge in [-0.3, -0.25) is 0 Å². The van der Waals surface area contributed by atoms with E-state index in [0.717, 1.165) is 6.42 Å². The molecule has 0 aliphatic heterocycles. The Hall–Kier alpha value is 0.479. The predicted molar refractivity (Wildman–Crippen MR) is 39.8 cm³/mol. The van der Waals surface area contributed by atoms with Gasteiger partial charge in [0.1, 0.15) is 0 Å². The molecule has 9 heavy (non-hydrogen) atoms. The van der Waals surface area contributed by atoms with Gasteiger partial charge in [-0.15, -0.1) is 0 Å². The molecule has 1 nitrogen and oxygen atoms in total.